The van der Waals surface area contributed by atoms with Crippen molar-refractivity contribution in [3.05, 3.63) is 23.9 Å². The van der Waals surface area contributed by atoms with Crippen molar-refractivity contribution in [1.29, 1.82) is 0 Å². The Bertz CT molecular complexity index is 294. The van der Waals surface area contributed by atoms with Crippen LogP contribution in [-0.2, 0) is 0 Å². The molecule has 1 aromatic heterocycles. The standard InChI is InChI=1S/C8H12N4O/c1-2-10-7-4-3-6(5-11-7)8(9)12-13/h3-5,13H,2H2,1H3,(H2,9,12)(H,10,11). The molecule has 0 aliphatic rings. The molecule has 70 valence electrons. The van der Waals surface area contributed by atoms with Crippen LogP contribution >= 0.6 is 0 Å². The fraction of sp³-hybridized carbons (Fsp3) is 0.250. The highest BCUT2D eigenvalue weighted by Crippen LogP contribution is 2.03. The van der Waals surface area contributed by atoms with Gasteiger partial charge in [-0.1, -0.05) is 5.16 Å². The van der Waals surface area contributed by atoms with E-state index in [4.69, 9.17) is 10.9 Å². The molecule has 0 spiro atoms. The molecule has 5 heteroatoms. The van der Waals surface area contributed by atoms with Crippen LogP contribution < -0.4 is 11.1 Å². The zero-order chi connectivity index (χ0) is 9.68. The molecular formula is C8H12N4O. The minimum atomic E-state index is 0.0653. The highest BCUT2D eigenvalue weighted by atomic mass is 16.4. The smallest absolute Gasteiger partial charge is 0.171 e. The fourth-order valence-corrected chi connectivity index (χ4v) is 0.889. The van der Waals surface area contributed by atoms with Crippen molar-refractivity contribution in [2.75, 3.05) is 11.9 Å². The number of anilines is 1. The summed E-state index contributed by atoms with van der Waals surface area (Å²) < 4.78 is 0. The Morgan fingerprint density at radius 1 is 1.69 bits per heavy atom. The average molecular weight is 180 g/mol. The van der Waals surface area contributed by atoms with E-state index in [1.54, 1.807) is 18.3 Å². The number of aromatic nitrogens is 1. The summed E-state index contributed by atoms with van der Waals surface area (Å²) in [6.45, 7) is 2.80. The topological polar surface area (TPSA) is 83.5 Å². The SMILES string of the molecule is CCNc1ccc(/C(N)=N\O)cn1. The van der Waals surface area contributed by atoms with Gasteiger partial charge in [-0.05, 0) is 19.1 Å². The zero-order valence-corrected chi connectivity index (χ0v) is 7.36. The van der Waals surface area contributed by atoms with Gasteiger partial charge in [0.2, 0.25) is 0 Å². The molecule has 0 aliphatic heterocycles. The number of pyridine rings is 1. The first-order chi connectivity index (χ1) is 6.27. The monoisotopic (exact) mass is 180 g/mol. The summed E-state index contributed by atoms with van der Waals surface area (Å²) in [4.78, 5) is 4.05. The molecule has 13 heavy (non-hydrogen) atoms. The lowest BCUT2D eigenvalue weighted by molar-refractivity contribution is 0.318. The van der Waals surface area contributed by atoms with E-state index in [0.29, 0.717) is 5.56 Å². The van der Waals surface area contributed by atoms with E-state index in [1.165, 1.54) is 0 Å². The molecule has 0 atom stereocenters. The maximum Gasteiger partial charge on any atom is 0.171 e. The number of oxime groups is 1. The van der Waals surface area contributed by atoms with E-state index in [0.717, 1.165) is 12.4 Å². The van der Waals surface area contributed by atoms with Crippen molar-refractivity contribution >= 4 is 11.7 Å². The molecule has 1 rings (SSSR count). The van der Waals surface area contributed by atoms with E-state index in [9.17, 15) is 0 Å². The highest BCUT2D eigenvalue weighted by Gasteiger charge is 1.98. The molecule has 0 aromatic carbocycles. The maximum atomic E-state index is 8.38. The molecule has 4 N–H and O–H groups in total. The lowest BCUT2D eigenvalue weighted by Gasteiger charge is -2.02. The predicted molar refractivity (Wildman–Crippen MR) is 50.9 cm³/mol. The van der Waals surface area contributed by atoms with Gasteiger partial charge in [-0.25, -0.2) is 4.98 Å². The molecule has 0 radical (unpaired) electrons. The minimum absolute atomic E-state index is 0.0653. The van der Waals surface area contributed by atoms with Gasteiger partial charge in [-0.3, -0.25) is 0 Å². The molecule has 5 nitrogen and oxygen atoms in total. The Kier molecular flexibility index (Phi) is 3.08. The molecule has 1 heterocycles. The van der Waals surface area contributed by atoms with E-state index < -0.39 is 0 Å². The molecule has 0 saturated carbocycles. The quantitative estimate of drug-likeness (QED) is 0.275. The van der Waals surface area contributed by atoms with E-state index in [1.807, 2.05) is 6.92 Å². The average Bonchev–Trinajstić information content (AvgIpc) is 2.18. The van der Waals surface area contributed by atoms with Gasteiger partial charge in [0.25, 0.3) is 0 Å². The molecule has 0 unspecified atom stereocenters. The van der Waals surface area contributed by atoms with Crippen LogP contribution in [0.2, 0.25) is 0 Å². The van der Waals surface area contributed by atoms with Crippen molar-refractivity contribution in [2.24, 2.45) is 10.9 Å². The third-order valence-corrected chi connectivity index (χ3v) is 1.52. The van der Waals surface area contributed by atoms with Gasteiger partial charge in [0.05, 0.1) is 0 Å². The summed E-state index contributed by atoms with van der Waals surface area (Å²) in [7, 11) is 0. The lowest BCUT2D eigenvalue weighted by Crippen LogP contribution is -2.13. The van der Waals surface area contributed by atoms with Crippen LogP contribution in [0.4, 0.5) is 5.82 Å². The first kappa shape index (κ1) is 9.31. The Labute approximate surface area is 76.3 Å². The van der Waals surface area contributed by atoms with E-state index in [2.05, 4.69) is 15.5 Å². The number of nitrogens with zero attached hydrogens (tertiary/aromatic N) is 2. The van der Waals surface area contributed by atoms with Crippen molar-refractivity contribution in [2.45, 2.75) is 6.92 Å². The van der Waals surface area contributed by atoms with Crippen LogP contribution in [0.5, 0.6) is 0 Å². The number of amidine groups is 1. The molecule has 1 aromatic rings. The van der Waals surface area contributed by atoms with Gasteiger partial charge in [0.1, 0.15) is 5.82 Å². The van der Waals surface area contributed by atoms with Gasteiger partial charge < -0.3 is 16.3 Å². The molecule has 0 fully saturated rings. The first-order valence-corrected chi connectivity index (χ1v) is 3.95. The van der Waals surface area contributed by atoms with Gasteiger partial charge in [-0.15, -0.1) is 0 Å². The predicted octanol–water partition coefficient (Wildman–Crippen LogP) is 0.608. The molecule has 0 bridgehead atoms. The Hall–Kier alpha value is -1.78. The second-order valence-electron chi connectivity index (χ2n) is 2.45. The molecular weight excluding hydrogens is 168 g/mol. The normalized spacial score (nSPS) is 11.3. The summed E-state index contributed by atoms with van der Waals surface area (Å²) in [6.07, 6.45) is 1.55. The summed E-state index contributed by atoms with van der Waals surface area (Å²) in [6, 6.07) is 3.51. The van der Waals surface area contributed by atoms with Crippen LogP contribution in [0.3, 0.4) is 0 Å². The fourth-order valence-electron chi connectivity index (χ4n) is 0.889. The first-order valence-electron chi connectivity index (χ1n) is 3.95. The van der Waals surface area contributed by atoms with Crippen LogP contribution in [0.25, 0.3) is 0 Å². The van der Waals surface area contributed by atoms with Crippen molar-refractivity contribution in [1.82, 2.24) is 4.98 Å². The second-order valence-corrected chi connectivity index (χ2v) is 2.45. The van der Waals surface area contributed by atoms with E-state index >= 15 is 0 Å². The summed E-state index contributed by atoms with van der Waals surface area (Å²) in [5, 5.41) is 14.3. The Balaban J connectivity index is 2.81. The van der Waals surface area contributed by atoms with Crippen molar-refractivity contribution < 1.29 is 5.21 Å². The number of hydrogen-bond donors (Lipinski definition) is 3. The second kappa shape index (κ2) is 4.30. The van der Waals surface area contributed by atoms with Crippen molar-refractivity contribution in [3.8, 4) is 0 Å². The third kappa shape index (κ3) is 2.33. The Morgan fingerprint density at radius 2 is 2.46 bits per heavy atom. The van der Waals surface area contributed by atoms with Gasteiger partial charge in [-0.2, -0.15) is 0 Å². The zero-order valence-electron chi connectivity index (χ0n) is 7.36. The highest BCUT2D eigenvalue weighted by molar-refractivity contribution is 5.96. The van der Waals surface area contributed by atoms with Crippen LogP contribution in [0.15, 0.2) is 23.5 Å². The maximum absolute atomic E-state index is 8.38. The van der Waals surface area contributed by atoms with Gasteiger partial charge >= 0.3 is 0 Å². The Morgan fingerprint density at radius 3 is 2.92 bits per heavy atom. The van der Waals surface area contributed by atoms with Crippen LogP contribution in [0, 0.1) is 0 Å². The van der Waals surface area contributed by atoms with Gasteiger partial charge in [0, 0.05) is 18.3 Å². The largest absolute Gasteiger partial charge is 0.409 e. The number of nitrogens with two attached hydrogens (primary N) is 1. The number of hydrogen-bond acceptors (Lipinski definition) is 4. The van der Waals surface area contributed by atoms with Crippen LogP contribution in [0.1, 0.15) is 12.5 Å². The molecule has 0 amide bonds. The van der Waals surface area contributed by atoms with Gasteiger partial charge in [0.15, 0.2) is 5.84 Å². The minimum Gasteiger partial charge on any atom is -0.409 e. The summed E-state index contributed by atoms with van der Waals surface area (Å²) in [5.41, 5.74) is 5.96. The number of rotatable bonds is 3. The van der Waals surface area contributed by atoms with E-state index in [-0.39, 0.29) is 5.84 Å². The molecule has 0 aliphatic carbocycles. The van der Waals surface area contributed by atoms with Crippen LogP contribution in [-0.4, -0.2) is 22.6 Å². The summed E-state index contributed by atoms with van der Waals surface area (Å²) >= 11 is 0. The third-order valence-electron chi connectivity index (χ3n) is 1.52. The summed E-state index contributed by atoms with van der Waals surface area (Å²) in [5.74, 6) is 0.840. The number of nitrogens with one attached hydrogen (secondary N) is 1. The van der Waals surface area contributed by atoms with Crippen molar-refractivity contribution in [3.63, 3.8) is 0 Å². The lowest BCUT2D eigenvalue weighted by atomic mass is 10.2. The molecule has 0 saturated heterocycles.